The van der Waals surface area contributed by atoms with E-state index in [2.05, 4.69) is 20.2 Å². The first kappa shape index (κ1) is 26.7. The lowest BCUT2D eigenvalue weighted by Crippen LogP contribution is -2.35. The van der Waals surface area contributed by atoms with Crippen LogP contribution in [-0.2, 0) is 0 Å². The molecule has 0 aromatic carbocycles. The molecule has 2 aliphatic rings. The molecule has 0 unspecified atom stereocenters. The topological polar surface area (TPSA) is 81.5 Å². The Bertz CT molecular complexity index is 745. The van der Waals surface area contributed by atoms with Gasteiger partial charge >= 0.3 is 0 Å². The molecule has 0 amide bonds. The molecular weight excluding hydrogens is 506 g/mol. The molecular formula is C20H25Cl5N4O2. The Morgan fingerprint density at radius 2 is 1.13 bits per heavy atom. The maximum absolute atomic E-state index is 9.39. The molecule has 0 bridgehead atoms. The number of halogens is 5. The van der Waals surface area contributed by atoms with Crippen molar-refractivity contribution in [2.75, 3.05) is 31.1 Å². The Hall–Kier alpha value is -0.570. The molecule has 4 rings (SSSR count). The van der Waals surface area contributed by atoms with Gasteiger partial charge < -0.3 is 20.4 Å². The molecule has 0 atom stereocenters. The summed E-state index contributed by atoms with van der Waals surface area (Å²) in [6.45, 7) is 3.64. The van der Waals surface area contributed by atoms with Gasteiger partial charge in [0.2, 0.25) is 0 Å². The molecule has 3 N–H and O–H groups in total. The predicted molar refractivity (Wildman–Crippen MR) is 129 cm³/mol. The van der Waals surface area contributed by atoms with Crippen LogP contribution in [0.1, 0.15) is 25.7 Å². The number of hydrogen-bond acceptors (Lipinski definition) is 6. The van der Waals surface area contributed by atoms with Gasteiger partial charge in [-0.05, 0) is 63.0 Å². The van der Waals surface area contributed by atoms with Crippen molar-refractivity contribution in [3.05, 3.63) is 49.9 Å². The van der Waals surface area contributed by atoms with Crippen LogP contribution < -0.4 is 10.2 Å². The minimum absolute atomic E-state index is 0.0266. The van der Waals surface area contributed by atoms with Gasteiger partial charge in [-0.2, -0.15) is 0 Å². The van der Waals surface area contributed by atoms with E-state index in [4.69, 9.17) is 63.1 Å². The number of nitrogens with zero attached hydrogens (tertiary/aromatic N) is 3. The van der Waals surface area contributed by atoms with Crippen molar-refractivity contribution >= 4 is 63.7 Å². The minimum Gasteiger partial charge on any atom is -0.393 e. The second-order valence-corrected chi connectivity index (χ2v) is 9.09. The lowest BCUT2D eigenvalue weighted by atomic mass is 10.1. The van der Waals surface area contributed by atoms with Crippen LogP contribution in [0, 0.1) is 0 Å². The summed E-state index contributed by atoms with van der Waals surface area (Å²) in [6, 6.07) is 6.64. The van der Waals surface area contributed by atoms with Gasteiger partial charge in [-0.25, -0.2) is 9.97 Å². The molecule has 0 saturated carbocycles. The van der Waals surface area contributed by atoms with Crippen molar-refractivity contribution in [2.24, 2.45) is 0 Å². The van der Waals surface area contributed by atoms with Gasteiger partial charge in [0.15, 0.2) is 0 Å². The van der Waals surface area contributed by atoms with Gasteiger partial charge in [-0.15, -0.1) is 0 Å². The molecule has 172 valence electrons. The summed E-state index contributed by atoms with van der Waals surface area (Å²) in [5.41, 5.74) is 0.979. The Morgan fingerprint density at radius 3 is 1.52 bits per heavy atom. The Labute approximate surface area is 207 Å². The van der Waals surface area contributed by atoms with Crippen LogP contribution >= 0.6 is 58.0 Å². The van der Waals surface area contributed by atoms with E-state index in [9.17, 15) is 5.11 Å². The highest BCUT2D eigenvalue weighted by Gasteiger charge is 2.18. The molecule has 2 saturated heterocycles. The first-order valence-electron chi connectivity index (χ1n) is 9.86. The largest absolute Gasteiger partial charge is 0.393 e. The second-order valence-electron chi connectivity index (χ2n) is 7.10. The molecule has 4 heterocycles. The van der Waals surface area contributed by atoms with Gasteiger partial charge in [0, 0.05) is 23.8 Å². The van der Waals surface area contributed by atoms with E-state index in [0.29, 0.717) is 25.6 Å². The third-order valence-electron chi connectivity index (χ3n) is 4.61. The summed E-state index contributed by atoms with van der Waals surface area (Å²) in [4.78, 5) is 9.74. The summed E-state index contributed by atoms with van der Waals surface area (Å²) < 4.78 is 0. The van der Waals surface area contributed by atoms with Crippen molar-refractivity contribution in [1.82, 2.24) is 15.3 Å². The number of aliphatic hydroxyl groups excluding tert-OH is 2. The highest BCUT2D eigenvalue weighted by Crippen LogP contribution is 2.25. The quantitative estimate of drug-likeness (QED) is 0.444. The summed E-state index contributed by atoms with van der Waals surface area (Å²) in [5, 5.41) is 23.4. The number of hydrogen-bond donors (Lipinski definition) is 3. The third-order valence-corrected chi connectivity index (χ3v) is 5.61. The molecule has 2 fully saturated rings. The van der Waals surface area contributed by atoms with Gasteiger partial charge in [-0.1, -0.05) is 58.0 Å². The van der Waals surface area contributed by atoms with E-state index in [1.165, 1.54) is 12.1 Å². The first-order valence-corrected chi connectivity index (χ1v) is 11.8. The summed E-state index contributed by atoms with van der Waals surface area (Å²) in [5.74, 6) is 0. The van der Waals surface area contributed by atoms with Crippen LogP contribution in [0.15, 0.2) is 24.3 Å². The average Bonchev–Trinajstić information content (AvgIpc) is 2.68. The molecule has 2 aromatic rings. The predicted octanol–water partition coefficient (Wildman–Crippen LogP) is 5.12. The zero-order valence-corrected chi connectivity index (χ0v) is 20.5. The van der Waals surface area contributed by atoms with Gasteiger partial charge in [-0.3, -0.25) is 0 Å². The lowest BCUT2D eigenvalue weighted by molar-refractivity contribution is 0.137. The fourth-order valence-corrected chi connectivity index (χ4v) is 4.23. The summed E-state index contributed by atoms with van der Waals surface area (Å²) >= 11 is 28.1. The van der Waals surface area contributed by atoms with Crippen LogP contribution in [0.2, 0.25) is 25.6 Å². The molecule has 2 aromatic heterocycles. The van der Waals surface area contributed by atoms with Crippen LogP contribution in [-0.4, -0.2) is 58.6 Å². The Kier molecular flexibility index (Phi) is 11.9. The van der Waals surface area contributed by atoms with E-state index in [1.54, 1.807) is 12.1 Å². The number of pyridine rings is 2. The van der Waals surface area contributed by atoms with Crippen molar-refractivity contribution in [2.45, 2.75) is 37.9 Å². The zero-order valence-electron chi connectivity index (χ0n) is 16.7. The molecule has 0 aliphatic carbocycles. The van der Waals surface area contributed by atoms with Gasteiger partial charge in [0.05, 0.1) is 12.2 Å². The number of piperidine rings is 2. The van der Waals surface area contributed by atoms with E-state index < -0.39 is 0 Å². The molecule has 6 nitrogen and oxygen atoms in total. The summed E-state index contributed by atoms with van der Waals surface area (Å²) in [7, 11) is 0. The first-order chi connectivity index (χ1) is 14.7. The number of rotatable bonds is 1. The molecule has 31 heavy (non-hydrogen) atoms. The normalized spacial score (nSPS) is 17.3. The zero-order chi connectivity index (χ0) is 22.8. The molecule has 11 heteroatoms. The van der Waals surface area contributed by atoms with E-state index in [1.807, 2.05) is 0 Å². The number of aliphatic hydroxyl groups is 2. The SMILES string of the molecule is Clc1cc(Cl)nc(Cl)c1.OC1CCN(c2cc(Cl)nc(Cl)c2)CC1.OC1CCNCC1. The molecule has 0 spiro atoms. The van der Waals surface area contributed by atoms with Crippen molar-refractivity contribution in [3.63, 3.8) is 0 Å². The average molecular weight is 531 g/mol. The van der Waals surface area contributed by atoms with E-state index in [0.717, 1.165) is 57.5 Å². The smallest absolute Gasteiger partial charge is 0.132 e. The van der Waals surface area contributed by atoms with Crippen LogP contribution in [0.3, 0.4) is 0 Å². The molecule has 2 aliphatic heterocycles. The fourth-order valence-electron chi connectivity index (χ4n) is 3.00. The summed E-state index contributed by atoms with van der Waals surface area (Å²) in [6.07, 6.45) is 3.24. The fraction of sp³-hybridized carbons (Fsp3) is 0.500. The lowest BCUT2D eigenvalue weighted by Gasteiger charge is -2.31. The van der Waals surface area contributed by atoms with Gasteiger partial charge in [0.25, 0.3) is 0 Å². The molecule has 0 radical (unpaired) electrons. The number of aromatic nitrogens is 2. The second kappa shape index (κ2) is 13.9. The van der Waals surface area contributed by atoms with Crippen molar-refractivity contribution in [1.29, 1.82) is 0 Å². The highest BCUT2D eigenvalue weighted by molar-refractivity contribution is 6.36. The van der Waals surface area contributed by atoms with Gasteiger partial charge in [0.1, 0.15) is 20.6 Å². The number of nitrogens with one attached hydrogen (secondary N) is 1. The van der Waals surface area contributed by atoms with E-state index in [-0.39, 0.29) is 12.2 Å². The Balaban J connectivity index is 0.000000181. The minimum atomic E-state index is -0.172. The van der Waals surface area contributed by atoms with E-state index >= 15 is 0 Å². The van der Waals surface area contributed by atoms with Crippen LogP contribution in [0.5, 0.6) is 0 Å². The maximum Gasteiger partial charge on any atom is 0.132 e. The highest BCUT2D eigenvalue weighted by atomic mass is 35.5. The third kappa shape index (κ3) is 10.7. The maximum atomic E-state index is 9.39. The van der Waals surface area contributed by atoms with Crippen molar-refractivity contribution < 1.29 is 10.2 Å². The van der Waals surface area contributed by atoms with Crippen LogP contribution in [0.4, 0.5) is 5.69 Å². The van der Waals surface area contributed by atoms with Crippen molar-refractivity contribution in [3.8, 4) is 0 Å². The van der Waals surface area contributed by atoms with Crippen LogP contribution in [0.25, 0.3) is 0 Å². The number of anilines is 1. The monoisotopic (exact) mass is 528 g/mol. The standard InChI is InChI=1S/C10H12Cl2N2O.C5H2Cl3N.C5H11NO/c11-9-5-7(6-10(12)13-9)14-3-1-8(15)2-4-14;6-3-1-4(7)9-5(8)2-3;7-5-1-3-6-4-2-5/h5-6,8,15H,1-4H2;1-2H;5-7H,1-4H2. The Morgan fingerprint density at radius 1 is 0.710 bits per heavy atom.